The fraction of sp³-hybridized carbons (Fsp3) is 0. The molecule has 0 unspecified atom stereocenters. The van der Waals surface area contributed by atoms with Gasteiger partial charge < -0.3 is 0 Å². The van der Waals surface area contributed by atoms with Crippen LogP contribution in [0.5, 0.6) is 0 Å². The van der Waals surface area contributed by atoms with E-state index in [2.05, 4.69) is 17.6 Å². The van der Waals surface area contributed by atoms with Crippen molar-refractivity contribution < 1.29 is 9.85 Å². The molecule has 3 aromatic rings. The van der Waals surface area contributed by atoms with Gasteiger partial charge >= 0.3 is 0 Å². The van der Waals surface area contributed by atoms with Crippen molar-refractivity contribution in [1.29, 1.82) is 0 Å². The van der Waals surface area contributed by atoms with Gasteiger partial charge in [-0.05, 0) is 12.1 Å². The number of aromatic nitrogens is 1. The highest BCUT2D eigenvalue weighted by molar-refractivity contribution is 7.82. The number of nitro benzene ring substituents is 2. The van der Waals surface area contributed by atoms with Gasteiger partial charge in [0.2, 0.25) is 0 Å². The maximum atomic E-state index is 11.3. The minimum Gasteiger partial charge on any atom is -0.258 e. The van der Waals surface area contributed by atoms with E-state index < -0.39 is 9.85 Å². The summed E-state index contributed by atoms with van der Waals surface area (Å²) in [6.45, 7) is 0. The Labute approximate surface area is 132 Å². The lowest BCUT2D eigenvalue weighted by Crippen LogP contribution is -1.95. The molecule has 1 aromatic heterocycles. The van der Waals surface area contributed by atoms with Gasteiger partial charge in [0.15, 0.2) is 0 Å². The van der Waals surface area contributed by atoms with E-state index in [-0.39, 0.29) is 11.4 Å². The minimum absolute atomic E-state index is 0.292. The monoisotopic (exact) mass is 333 g/mol. The van der Waals surface area contributed by atoms with Crippen LogP contribution in [-0.2, 0) is 0 Å². The number of non-ortho nitro benzene ring substituents is 1. The molecule has 3 rings (SSSR count). The van der Waals surface area contributed by atoms with Gasteiger partial charge in [-0.25, -0.2) is 4.98 Å². The number of benzene rings is 2. The second kappa shape index (κ2) is 5.35. The summed E-state index contributed by atoms with van der Waals surface area (Å²) in [7, 11) is 0. The van der Waals surface area contributed by atoms with Crippen LogP contribution in [0.3, 0.4) is 0 Å². The first kappa shape index (κ1) is 14.4. The highest BCUT2D eigenvalue weighted by Gasteiger charge is 2.22. The van der Waals surface area contributed by atoms with E-state index in [0.717, 1.165) is 10.8 Å². The predicted molar refractivity (Wildman–Crippen MR) is 85.6 cm³/mol. The summed E-state index contributed by atoms with van der Waals surface area (Å²) in [5.41, 5.74) is 0.788. The molecule has 0 N–H and O–H groups in total. The quantitative estimate of drug-likeness (QED) is 0.442. The first-order chi connectivity index (χ1) is 10.5. The lowest BCUT2D eigenvalue weighted by molar-refractivity contribution is -0.393. The molecule has 0 radical (unpaired) electrons. The van der Waals surface area contributed by atoms with E-state index in [1.54, 1.807) is 12.1 Å². The number of thiazole rings is 1. The van der Waals surface area contributed by atoms with Crippen LogP contribution in [0.4, 0.5) is 11.4 Å². The van der Waals surface area contributed by atoms with E-state index in [0.29, 0.717) is 21.0 Å². The number of para-hydroxylation sites is 1. The fourth-order valence-electron chi connectivity index (χ4n) is 2.17. The molecule has 0 aliphatic heterocycles. The van der Waals surface area contributed by atoms with E-state index in [4.69, 9.17) is 0 Å². The van der Waals surface area contributed by atoms with Crippen molar-refractivity contribution >= 4 is 45.6 Å². The Hall–Kier alpha value is -2.52. The normalized spacial score (nSPS) is 10.8. The van der Waals surface area contributed by atoms with Crippen LogP contribution in [0.15, 0.2) is 40.7 Å². The van der Waals surface area contributed by atoms with Crippen LogP contribution in [-0.4, -0.2) is 14.8 Å². The highest BCUT2D eigenvalue weighted by atomic mass is 32.2. The first-order valence-corrected chi connectivity index (χ1v) is 7.25. The summed E-state index contributed by atoms with van der Waals surface area (Å²) < 4.78 is 1.39. The van der Waals surface area contributed by atoms with Crippen molar-refractivity contribution in [2.24, 2.45) is 0 Å². The van der Waals surface area contributed by atoms with Crippen molar-refractivity contribution in [3.8, 4) is 11.1 Å². The summed E-state index contributed by atoms with van der Waals surface area (Å²) in [5.74, 6) is 0. The molecular formula is C13H7N3O4S2. The van der Waals surface area contributed by atoms with E-state index in [1.165, 1.54) is 23.5 Å². The van der Waals surface area contributed by atoms with Crippen LogP contribution < -0.4 is 0 Å². The number of rotatable bonds is 3. The molecule has 0 saturated heterocycles. The fourth-order valence-corrected chi connectivity index (χ4v) is 3.29. The zero-order chi connectivity index (χ0) is 15.9. The summed E-state index contributed by atoms with van der Waals surface area (Å²) in [4.78, 5) is 25.0. The second-order valence-electron chi connectivity index (χ2n) is 4.36. The smallest absolute Gasteiger partial charge is 0.258 e. The minimum atomic E-state index is -0.661. The number of hydrogen-bond acceptors (Lipinski definition) is 7. The average molecular weight is 333 g/mol. The number of nitro groups is 2. The Morgan fingerprint density at radius 1 is 1.05 bits per heavy atom. The largest absolute Gasteiger partial charge is 0.284 e. The first-order valence-electron chi connectivity index (χ1n) is 5.99. The molecule has 0 spiro atoms. The molecule has 9 heteroatoms. The molecule has 110 valence electrons. The van der Waals surface area contributed by atoms with Crippen molar-refractivity contribution in [2.45, 2.75) is 4.34 Å². The number of thiol groups is 1. The second-order valence-corrected chi connectivity index (χ2v) is 6.12. The van der Waals surface area contributed by atoms with Gasteiger partial charge in [0.25, 0.3) is 11.4 Å². The topological polar surface area (TPSA) is 99.2 Å². The van der Waals surface area contributed by atoms with Gasteiger partial charge in [0.1, 0.15) is 4.34 Å². The Bertz CT molecular complexity index is 923. The molecule has 22 heavy (non-hydrogen) atoms. The molecule has 1 heterocycles. The Balaban J connectivity index is 2.30. The maximum Gasteiger partial charge on any atom is 0.284 e. The molecule has 0 atom stereocenters. The van der Waals surface area contributed by atoms with E-state index in [1.807, 2.05) is 6.07 Å². The summed E-state index contributed by atoms with van der Waals surface area (Å²) in [6.07, 6.45) is 0. The molecule has 0 aliphatic rings. The third-order valence-electron chi connectivity index (χ3n) is 3.09. The van der Waals surface area contributed by atoms with Gasteiger partial charge in [-0.15, -0.1) is 24.0 Å². The molecular weight excluding hydrogens is 326 g/mol. The lowest BCUT2D eigenvalue weighted by Gasteiger charge is -2.04. The van der Waals surface area contributed by atoms with Gasteiger partial charge in [0.05, 0.1) is 31.7 Å². The number of hydrogen-bond donors (Lipinski definition) is 1. The highest BCUT2D eigenvalue weighted by Crippen LogP contribution is 2.38. The van der Waals surface area contributed by atoms with Crippen LogP contribution >= 0.6 is 24.0 Å². The van der Waals surface area contributed by atoms with Gasteiger partial charge in [-0.2, -0.15) is 0 Å². The van der Waals surface area contributed by atoms with E-state index in [9.17, 15) is 20.2 Å². The number of nitrogens with zero attached hydrogens (tertiary/aromatic N) is 3. The van der Waals surface area contributed by atoms with Gasteiger partial charge in [0, 0.05) is 11.6 Å². The maximum absolute atomic E-state index is 11.3. The van der Waals surface area contributed by atoms with Crippen LogP contribution in [0, 0.1) is 20.2 Å². The predicted octanol–water partition coefficient (Wildman–Crippen LogP) is 4.07. The third kappa shape index (κ3) is 2.40. The Morgan fingerprint density at radius 2 is 1.82 bits per heavy atom. The summed E-state index contributed by atoms with van der Waals surface area (Å²) in [5, 5.41) is 22.1. The van der Waals surface area contributed by atoms with Gasteiger partial charge in [-0.1, -0.05) is 12.1 Å². The zero-order valence-electron chi connectivity index (χ0n) is 10.8. The summed E-state index contributed by atoms with van der Waals surface area (Å²) in [6, 6.07) is 8.88. The van der Waals surface area contributed by atoms with Crippen LogP contribution in [0.1, 0.15) is 0 Å². The Kier molecular flexibility index (Phi) is 3.51. The SMILES string of the molecule is O=[N+]([O-])c1ccc(-c2cccc3sc(S)nc23)c([N+](=O)[O-])c1. The Morgan fingerprint density at radius 3 is 2.50 bits per heavy atom. The lowest BCUT2D eigenvalue weighted by atomic mass is 10.0. The van der Waals surface area contributed by atoms with Crippen LogP contribution in [0.25, 0.3) is 21.3 Å². The molecule has 0 aliphatic carbocycles. The van der Waals surface area contributed by atoms with Crippen LogP contribution in [0.2, 0.25) is 0 Å². The molecule has 7 nitrogen and oxygen atoms in total. The summed E-state index contributed by atoms with van der Waals surface area (Å²) >= 11 is 5.55. The molecule has 0 amide bonds. The molecule has 0 fully saturated rings. The van der Waals surface area contributed by atoms with Crippen molar-refractivity contribution in [3.63, 3.8) is 0 Å². The zero-order valence-corrected chi connectivity index (χ0v) is 12.5. The molecule has 2 aromatic carbocycles. The van der Waals surface area contributed by atoms with E-state index >= 15 is 0 Å². The van der Waals surface area contributed by atoms with Crippen molar-refractivity contribution in [2.75, 3.05) is 0 Å². The third-order valence-corrected chi connectivity index (χ3v) is 4.28. The van der Waals surface area contributed by atoms with Gasteiger partial charge in [-0.3, -0.25) is 20.2 Å². The standard InChI is InChI=1S/C13H7N3O4S2/c17-15(18)7-4-5-8(10(6-7)16(19)20)9-2-1-3-11-12(9)14-13(21)22-11/h1-6H,(H,14,21). The van der Waals surface area contributed by atoms with Crippen molar-refractivity contribution in [3.05, 3.63) is 56.6 Å². The molecule has 0 bridgehead atoms. The van der Waals surface area contributed by atoms with Crippen molar-refractivity contribution in [1.82, 2.24) is 4.98 Å². The molecule has 0 saturated carbocycles. The number of fused-ring (bicyclic) bond motifs is 1. The average Bonchev–Trinajstić information content (AvgIpc) is 2.86.